The third-order valence-corrected chi connectivity index (χ3v) is 5.26. The average Bonchev–Trinajstić information content (AvgIpc) is 2.71. The second kappa shape index (κ2) is 5.73. The maximum atomic E-state index is 11.1. The number of nitro benzene ring substituents is 1. The molecule has 2 aliphatic heterocycles. The number of nitrogens with zero attached hydrogens (tertiary/aromatic N) is 2. The van der Waals surface area contributed by atoms with Gasteiger partial charge in [0.1, 0.15) is 0 Å². The van der Waals surface area contributed by atoms with E-state index in [1.807, 2.05) is 26.1 Å². The van der Waals surface area contributed by atoms with Gasteiger partial charge >= 0.3 is 0 Å². The van der Waals surface area contributed by atoms with Gasteiger partial charge in [0.05, 0.1) is 4.92 Å². The van der Waals surface area contributed by atoms with E-state index in [1.54, 1.807) is 6.07 Å². The van der Waals surface area contributed by atoms with Crippen molar-refractivity contribution >= 4 is 5.69 Å². The normalized spacial score (nSPS) is 28.8. The molecule has 21 heavy (non-hydrogen) atoms. The van der Waals surface area contributed by atoms with Gasteiger partial charge in [-0.1, -0.05) is 12.1 Å². The van der Waals surface area contributed by atoms with E-state index in [0.717, 1.165) is 17.7 Å². The van der Waals surface area contributed by atoms with Crippen LogP contribution in [-0.4, -0.2) is 35.0 Å². The average molecular weight is 289 g/mol. The largest absolute Gasteiger partial charge is 0.317 e. The summed E-state index contributed by atoms with van der Waals surface area (Å²) in [6, 6.07) is 7.32. The Balaban J connectivity index is 1.79. The minimum absolute atomic E-state index is 0.241. The molecule has 2 aliphatic rings. The first kappa shape index (κ1) is 14.5. The molecule has 5 heteroatoms. The number of piperidine rings is 1. The van der Waals surface area contributed by atoms with Crippen LogP contribution in [0.2, 0.25) is 0 Å². The second-order valence-electron chi connectivity index (χ2n) is 6.33. The Morgan fingerprint density at radius 1 is 1.33 bits per heavy atom. The molecule has 1 aromatic rings. The van der Waals surface area contributed by atoms with Crippen molar-refractivity contribution in [3.8, 4) is 0 Å². The monoisotopic (exact) mass is 289 g/mol. The summed E-state index contributed by atoms with van der Waals surface area (Å²) in [6.45, 7) is 2.72. The van der Waals surface area contributed by atoms with Crippen LogP contribution in [0.15, 0.2) is 18.2 Å². The zero-order valence-corrected chi connectivity index (χ0v) is 12.7. The lowest BCUT2D eigenvalue weighted by Gasteiger charge is -2.39. The van der Waals surface area contributed by atoms with E-state index in [2.05, 4.69) is 10.2 Å². The molecular weight excluding hydrogens is 266 g/mol. The Morgan fingerprint density at radius 3 is 2.57 bits per heavy atom. The van der Waals surface area contributed by atoms with Crippen LogP contribution in [0.25, 0.3) is 0 Å². The van der Waals surface area contributed by atoms with Gasteiger partial charge < -0.3 is 5.32 Å². The summed E-state index contributed by atoms with van der Waals surface area (Å²) in [5, 5.41) is 14.5. The smallest absolute Gasteiger partial charge is 0.272 e. The van der Waals surface area contributed by atoms with Crippen molar-refractivity contribution in [2.45, 2.75) is 57.3 Å². The standard InChI is InChI=1S/C16H23N3O2/c1-11-12(4-3-5-16(11)19(20)21)10-18-14-6-7-15(18)9-13(8-14)17-2/h3-5,13-15,17H,6-10H2,1-2H3. The minimum Gasteiger partial charge on any atom is -0.317 e. The summed E-state index contributed by atoms with van der Waals surface area (Å²) in [4.78, 5) is 13.4. The molecule has 0 spiro atoms. The van der Waals surface area contributed by atoms with Crippen molar-refractivity contribution in [1.82, 2.24) is 10.2 Å². The van der Waals surface area contributed by atoms with E-state index in [-0.39, 0.29) is 10.6 Å². The molecule has 2 unspecified atom stereocenters. The SMILES string of the molecule is CNC1CC2CCC(C1)N2Cc1cccc([N+](=O)[O-])c1C. The highest BCUT2D eigenvalue weighted by Crippen LogP contribution is 2.37. The zero-order valence-electron chi connectivity index (χ0n) is 12.7. The molecule has 0 aromatic heterocycles. The van der Waals surface area contributed by atoms with Crippen LogP contribution in [0.4, 0.5) is 5.69 Å². The van der Waals surface area contributed by atoms with E-state index >= 15 is 0 Å². The van der Waals surface area contributed by atoms with Crippen LogP contribution < -0.4 is 5.32 Å². The molecule has 2 bridgehead atoms. The topological polar surface area (TPSA) is 58.4 Å². The number of rotatable bonds is 4. The lowest BCUT2D eigenvalue weighted by Crippen LogP contribution is -2.47. The number of fused-ring (bicyclic) bond motifs is 2. The molecule has 1 aromatic carbocycles. The summed E-state index contributed by atoms with van der Waals surface area (Å²) in [6.07, 6.45) is 4.91. The molecule has 5 nitrogen and oxygen atoms in total. The summed E-state index contributed by atoms with van der Waals surface area (Å²) in [5.74, 6) is 0. The second-order valence-corrected chi connectivity index (χ2v) is 6.33. The van der Waals surface area contributed by atoms with E-state index in [0.29, 0.717) is 18.1 Å². The Morgan fingerprint density at radius 2 is 2.00 bits per heavy atom. The third-order valence-electron chi connectivity index (χ3n) is 5.26. The molecule has 0 saturated carbocycles. The molecule has 3 rings (SSSR count). The highest BCUT2D eigenvalue weighted by molar-refractivity contribution is 5.44. The van der Waals surface area contributed by atoms with Gasteiger partial charge in [0.25, 0.3) is 5.69 Å². The number of hydrogen-bond acceptors (Lipinski definition) is 4. The lowest BCUT2D eigenvalue weighted by atomic mass is 9.96. The van der Waals surface area contributed by atoms with E-state index in [1.165, 1.54) is 25.7 Å². The Bertz CT molecular complexity index is 532. The Hall–Kier alpha value is -1.46. The number of nitrogens with one attached hydrogen (secondary N) is 1. The zero-order chi connectivity index (χ0) is 15.0. The maximum Gasteiger partial charge on any atom is 0.272 e. The van der Waals surface area contributed by atoms with Crippen LogP contribution in [0.5, 0.6) is 0 Å². The van der Waals surface area contributed by atoms with Gasteiger partial charge in [0.15, 0.2) is 0 Å². The molecule has 2 atom stereocenters. The Labute approximate surface area is 125 Å². The van der Waals surface area contributed by atoms with Crippen molar-refractivity contribution in [1.29, 1.82) is 0 Å². The third kappa shape index (κ3) is 2.68. The van der Waals surface area contributed by atoms with Gasteiger partial charge in [-0.3, -0.25) is 15.0 Å². The molecule has 2 heterocycles. The number of nitro groups is 1. The predicted molar refractivity (Wildman–Crippen MR) is 82.3 cm³/mol. The van der Waals surface area contributed by atoms with Crippen LogP contribution in [0, 0.1) is 17.0 Å². The molecule has 0 aliphatic carbocycles. The van der Waals surface area contributed by atoms with Gasteiger partial charge in [-0.2, -0.15) is 0 Å². The van der Waals surface area contributed by atoms with Crippen LogP contribution in [-0.2, 0) is 6.54 Å². The fourth-order valence-corrected chi connectivity index (χ4v) is 4.00. The fourth-order valence-electron chi connectivity index (χ4n) is 4.00. The van der Waals surface area contributed by atoms with Crippen molar-refractivity contribution < 1.29 is 4.92 Å². The molecular formula is C16H23N3O2. The first-order chi connectivity index (χ1) is 10.1. The molecule has 114 valence electrons. The van der Waals surface area contributed by atoms with Gasteiger partial charge in [0.2, 0.25) is 0 Å². The molecule has 1 N–H and O–H groups in total. The van der Waals surface area contributed by atoms with E-state index in [9.17, 15) is 10.1 Å². The highest BCUT2D eigenvalue weighted by atomic mass is 16.6. The van der Waals surface area contributed by atoms with Crippen molar-refractivity contribution in [2.24, 2.45) is 0 Å². The Kier molecular flexibility index (Phi) is 3.95. The number of benzene rings is 1. The molecule has 2 saturated heterocycles. The van der Waals surface area contributed by atoms with E-state index in [4.69, 9.17) is 0 Å². The minimum atomic E-state index is -0.277. The van der Waals surface area contributed by atoms with Crippen molar-refractivity contribution in [3.05, 3.63) is 39.4 Å². The highest BCUT2D eigenvalue weighted by Gasteiger charge is 2.40. The first-order valence-corrected chi connectivity index (χ1v) is 7.76. The van der Waals surface area contributed by atoms with E-state index < -0.39 is 0 Å². The summed E-state index contributed by atoms with van der Waals surface area (Å²) >= 11 is 0. The van der Waals surface area contributed by atoms with Crippen molar-refractivity contribution in [3.63, 3.8) is 0 Å². The van der Waals surface area contributed by atoms with Gasteiger partial charge in [-0.05, 0) is 45.2 Å². The first-order valence-electron chi connectivity index (χ1n) is 7.76. The van der Waals surface area contributed by atoms with Crippen LogP contribution >= 0.6 is 0 Å². The van der Waals surface area contributed by atoms with Crippen LogP contribution in [0.1, 0.15) is 36.8 Å². The summed E-state index contributed by atoms with van der Waals surface area (Å²) in [7, 11) is 2.05. The maximum absolute atomic E-state index is 11.1. The molecule has 0 radical (unpaired) electrons. The quantitative estimate of drug-likeness (QED) is 0.684. The fraction of sp³-hybridized carbons (Fsp3) is 0.625. The molecule has 0 amide bonds. The van der Waals surface area contributed by atoms with Gasteiger partial charge in [-0.25, -0.2) is 0 Å². The summed E-state index contributed by atoms with van der Waals surface area (Å²) in [5.41, 5.74) is 2.16. The number of hydrogen-bond donors (Lipinski definition) is 1. The van der Waals surface area contributed by atoms with Gasteiger partial charge in [-0.15, -0.1) is 0 Å². The summed E-state index contributed by atoms with van der Waals surface area (Å²) < 4.78 is 0. The van der Waals surface area contributed by atoms with Gasteiger partial charge in [0, 0.05) is 36.3 Å². The molecule has 2 fully saturated rings. The predicted octanol–water partition coefficient (Wildman–Crippen LogP) is 2.62. The van der Waals surface area contributed by atoms with Crippen LogP contribution in [0.3, 0.4) is 0 Å². The van der Waals surface area contributed by atoms with Crippen molar-refractivity contribution in [2.75, 3.05) is 7.05 Å². The lowest BCUT2D eigenvalue weighted by molar-refractivity contribution is -0.385.